The average Bonchev–Trinajstić information content (AvgIpc) is 3.19. The highest BCUT2D eigenvalue weighted by atomic mass is 35.5. The number of urea groups is 1. The second-order valence-electron chi connectivity index (χ2n) is 8.46. The van der Waals surface area contributed by atoms with Gasteiger partial charge in [-0.1, -0.05) is 48.8 Å². The molecule has 2 aliphatic heterocycles. The number of oxime groups is 1. The Morgan fingerprint density at radius 2 is 1.88 bits per heavy atom. The van der Waals surface area contributed by atoms with E-state index in [0.717, 1.165) is 11.3 Å². The Labute approximate surface area is 192 Å². The molecule has 1 aromatic heterocycles. The molecule has 4 rings (SSSR count). The van der Waals surface area contributed by atoms with Crippen LogP contribution in [0.15, 0.2) is 47.8 Å². The van der Waals surface area contributed by atoms with E-state index in [2.05, 4.69) is 34.6 Å². The summed E-state index contributed by atoms with van der Waals surface area (Å²) in [6.45, 7) is 5.26. The molecule has 0 saturated carbocycles. The van der Waals surface area contributed by atoms with Gasteiger partial charge in [0.25, 0.3) is 5.91 Å². The standard InChI is InChI=1S/C23H26ClN5O3/c1-15(2)17-5-3-4-6-18(17)26-22(31)29-11-9-23(10-12-29)13-19(28-32-23)21(30)27-20-8-7-16(24)14-25-20/h3-8,14-15H,9-13H2,1-2H3,(H,26,31)(H,25,27,30). The van der Waals surface area contributed by atoms with Crippen molar-refractivity contribution in [2.45, 2.75) is 44.6 Å². The Kier molecular flexibility index (Phi) is 6.32. The normalized spacial score (nSPS) is 17.1. The maximum Gasteiger partial charge on any atom is 0.321 e. The summed E-state index contributed by atoms with van der Waals surface area (Å²) in [5.74, 6) is 0.367. The number of hydrogen-bond donors (Lipinski definition) is 2. The molecule has 0 radical (unpaired) electrons. The Bertz CT molecular complexity index is 1030. The Hall–Kier alpha value is -3.13. The highest BCUT2D eigenvalue weighted by Crippen LogP contribution is 2.35. The molecule has 1 fully saturated rings. The predicted molar refractivity (Wildman–Crippen MR) is 124 cm³/mol. The molecular formula is C23H26ClN5O3. The fourth-order valence-electron chi connectivity index (χ4n) is 3.98. The van der Waals surface area contributed by atoms with Crippen molar-refractivity contribution in [1.82, 2.24) is 9.88 Å². The van der Waals surface area contributed by atoms with Crippen LogP contribution in [-0.4, -0.2) is 46.2 Å². The van der Waals surface area contributed by atoms with E-state index in [1.165, 1.54) is 6.20 Å². The van der Waals surface area contributed by atoms with Gasteiger partial charge < -0.3 is 20.4 Å². The molecule has 168 valence electrons. The molecule has 0 aliphatic carbocycles. The number of aromatic nitrogens is 1. The fraction of sp³-hybridized carbons (Fsp3) is 0.391. The van der Waals surface area contributed by atoms with Crippen molar-refractivity contribution in [2.75, 3.05) is 23.7 Å². The summed E-state index contributed by atoms with van der Waals surface area (Å²) >= 11 is 5.82. The van der Waals surface area contributed by atoms with E-state index < -0.39 is 5.60 Å². The third kappa shape index (κ3) is 4.85. The number of benzene rings is 1. The van der Waals surface area contributed by atoms with Crippen LogP contribution in [0.25, 0.3) is 0 Å². The van der Waals surface area contributed by atoms with Crippen LogP contribution in [0, 0.1) is 0 Å². The number of piperidine rings is 1. The van der Waals surface area contributed by atoms with Gasteiger partial charge in [-0.25, -0.2) is 9.78 Å². The number of anilines is 2. The third-order valence-corrected chi connectivity index (χ3v) is 6.08. The maximum absolute atomic E-state index is 12.8. The summed E-state index contributed by atoms with van der Waals surface area (Å²) in [6.07, 6.45) is 3.07. The summed E-state index contributed by atoms with van der Waals surface area (Å²) in [5, 5.41) is 10.3. The van der Waals surface area contributed by atoms with Crippen molar-refractivity contribution in [2.24, 2.45) is 5.16 Å². The molecule has 32 heavy (non-hydrogen) atoms. The Morgan fingerprint density at radius 3 is 2.56 bits per heavy atom. The van der Waals surface area contributed by atoms with E-state index in [1.807, 2.05) is 24.3 Å². The molecule has 3 amide bonds. The predicted octanol–water partition coefficient (Wildman–Crippen LogP) is 4.64. The first kappa shape index (κ1) is 22.1. The van der Waals surface area contributed by atoms with Crippen LogP contribution in [-0.2, 0) is 9.63 Å². The van der Waals surface area contributed by atoms with Gasteiger partial charge in [-0.15, -0.1) is 0 Å². The van der Waals surface area contributed by atoms with Gasteiger partial charge in [0.2, 0.25) is 0 Å². The fourth-order valence-corrected chi connectivity index (χ4v) is 4.09. The Balaban J connectivity index is 1.30. The van der Waals surface area contributed by atoms with E-state index in [1.54, 1.807) is 17.0 Å². The lowest BCUT2D eigenvalue weighted by Gasteiger charge is -2.37. The minimum absolute atomic E-state index is 0.126. The summed E-state index contributed by atoms with van der Waals surface area (Å²) in [7, 11) is 0. The van der Waals surface area contributed by atoms with Gasteiger partial charge in [-0.2, -0.15) is 0 Å². The van der Waals surface area contributed by atoms with E-state index in [-0.39, 0.29) is 11.9 Å². The molecule has 3 heterocycles. The molecule has 8 nitrogen and oxygen atoms in total. The monoisotopic (exact) mass is 455 g/mol. The van der Waals surface area contributed by atoms with Crippen LogP contribution in [0.2, 0.25) is 5.02 Å². The number of pyridine rings is 1. The van der Waals surface area contributed by atoms with Gasteiger partial charge in [0.1, 0.15) is 17.1 Å². The SMILES string of the molecule is CC(C)c1ccccc1NC(=O)N1CCC2(CC1)CC(C(=O)Nc1ccc(Cl)cn1)=NO2. The highest BCUT2D eigenvalue weighted by molar-refractivity contribution is 6.43. The molecule has 1 aromatic carbocycles. The first-order chi connectivity index (χ1) is 15.3. The Morgan fingerprint density at radius 1 is 1.12 bits per heavy atom. The van der Waals surface area contributed by atoms with Crippen LogP contribution in [0.5, 0.6) is 0 Å². The molecule has 2 N–H and O–H groups in total. The molecule has 1 spiro atoms. The van der Waals surface area contributed by atoms with E-state index in [9.17, 15) is 9.59 Å². The van der Waals surface area contributed by atoms with Crippen molar-refractivity contribution in [3.63, 3.8) is 0 Å². The smallest absolute Gasteiger partial charge is 0.321 e. The maximum atomic E-state index is 12.8. The van der Waals surface area contributed by atoms with Gasteiger partial charge in [0.05, 0.1) is 5.02 Å². The number of likely N-dealkylation sites (tertiary alicyclic amines) is 1. The number of para-hydroxylation sites is 1. The summed E-state index contributed by atoms with van der Waals surface area (Å²) in [5.41, 5.74) is 1.72. The first-order valence-corrected chi connectivity index (χ1v) is 11.1. The number of rotatable bonds is 4. The van der Waals surface area contributed by atoms with Crippen LogP contribution in [0.3, 0.4) is 0 Å². The van der Waals surface area contributed by atoms with Gasteiger partial charge in [0, 0.05) is 44.2 Å². The number of carbonyl (C=O) groups excluding carboxylic acids is 2. The zero-order valence-corrected chi connectivity index (χ0v) is 18.9. The van der Waals surface area contributed by atoms with Gasteiger partial charge in [0.15, 0.2) is 0 Å². The minimum atomic E-state index is -0.549. The lowest BCUT2D eigenvalue weighted by Crippen LogP contribution is -2.48. The van der Waals surface area contributed by atoms with Crippen molar-refractivity contribution in [3.8, 4) is 0 Å². The van der Waals surface area contributed by atoms with Gasteiger partial charge in [-0.3, -0.25) is 4.79 Å². The average molecular weight is 456 g/mol. The summed E-state index contributed by atoms with van der Waals surface area (Å²) < 4.78 is 0. The van der Waals surface area contributed by atoms with Crippen molar-refractivity contribution >= 4 is 40.8 Å². The third-order valence-electron chi connectivity index (χ3n) is 5.86. The number of nitrogens with zero attached hydrogens (tertiary/aromatic N) is 3. The lowest BCUT2D eigenvalue weighted by atomic mass is 9.87. The molecule has 0 bridgehead atoms. The second kappa shape index (κ2) is 9.16. The van der Waals surface area contributed by atoms with E-state index in [0.29, 0.717) is 54.8 Å². The van der Waals surface area contributed by atoms with Crippen LogP contribution in [0.4, 0.5) is 16.3 Å². The molecule has 1 saturated heterocycles. The van der Waals surface area contributed by atoms with Crippen molar-refractivity contribution in [3.05, 3.63) is 53.2 Å². The number of carbonyl (C=O) groups is 2. The molecule has 9 heteroatoms. The summed E-state index contributed by atoms with van der Waals surface area (Å²) in [4.78, 5) is 36.9. The largest absolute Gasteiger partial charge is 0.388 e. The zero-order valence-electron chi connectivity index (χ0n) is 18.1. The number of hydrogen-bond acceptors (Lipinski definition) is 5. The quantitative estimate of drug-likeness (QED) is 0.701. The molecule has 2 aliphatic rings. The molecule has 2 aromatic rings. The lowest BCUT2D eigenvalue weighted by molar-refractivity contribution is -0.110. The van der Waals surface area contributed by atoms with Crippen molar-refractivity contribution in [1.29, 1.82) is 0 Å². The minimum Gasteiger partial charge on any atom is -0.388 e. The van der Waals surface area contributed by atoms with Gasteiger partial charge >= 0.3 is 6.03 Å². The number of amides is 3. The van der Waals surface area contributed by atoms with E-state index >= 15 is 0 Å². The summed E-state index contributed by atoms with van der Waals surface area (Å²) in [6, 6.07) is 11.0. The molecule has 0 unspecified atom stereocenters. The van der Waals surface area contributed by atoms with Crippen LogP contribution >= 0.6 is 11.6 Å². The first-order valence-electron chi connectivity index (χ1n) is 10.7. The number of nitrogens with one attached hydrogen (secondary N) is 2. The van der Waals surface area contributed by atoms with E-state index in [4.69, 9.17) is 16.4 Å². The molecule has 0 atom stereocenters. The highest BCUT2D eigenvalue weighted by Gasteiger charge is 2.44. The van der Waals surface area contributed by atoms with Crippen LogP contribution < -0.4 is 10.6 Å². The van der Waals surface area contributed by atoms with Gasteiger partial charge in [-0.05, 0) is 29.7 Å². The van der Waals surface area contributed by atoms with Crippen LogP contribution in [0.1, 0.15) is 44.6 Å². The number of halogens is 1. The van der Waals surface area contributed by atoms with Crippen molar-refractivity contribution < 1.29 is 14.4 Å². The second-order valence-corrected chi connectivity index (χ2v) is 8.90. The molecular weight excluding hydrogens is 430 g/mol. The zero-order chi connectivity index (χ0) is 22.7. The topological polar surface area (TPSA) is 95.9 Å².